The molecule has 1 aliphatic rings. The molecule has 1 heteroatoms. The van der Waals surface area contributed by atoms with Gasteiger partial charge >= 0.3 is 0 Å². The second kappa shape index (κ2) is 2.99. The van der Waals surface area contributed by atoms with Gasteiger partial charge in [-0.25, -0.2) is 0 Å². The lowest BCUT2D eigenvalue weighted by Gasteiger charge is -2.02. The van der Waals surface area contributed by atoms with Gasteiger partial charge in [-0.15, -0.1) is 0 Å². The molecule has 1 nitrogen and oxygen atoms in total. The molecule has 1 unspecified atom stereocenters. The van der Waals surface area contributed by atoms with E-state index in [0.717, 1.165) is 12.8 Å². The molecule has 0 radical (unpaired) electrons. The summed E-state index contributed by atoms with van der Waals surface area (Å²) in [5.74, 6) is 0.576. The summed E-state index contributed by atoms with van der Waals surface area (Å²) in [4.78, 5) is 11.2. The number of carbonyl (C=O) groups excluding carboxylic acids is 1. The van der Waals surface area contributed by atoms with E-state index in [1.54, 1.807) is 6.92 Å². The first kappa shape index (κ1) is 8.49. The van der Waals surface area contributed by atoms with Gasteiger partial charge in [0, 0.05) is 5.92 Å². The summed E-state index contributed by atoms with van der Waals surface area (Å²) in [7, 11) is 0. The smallest absolute Gasteiger partial charge is 0.133 e. The zero-order chi connectivity index (χ0) is 9.42. The molecule has 1 atom stereocenters. The van der Waals surface area contributed by atoms with Gasteiger partial charge in [-0.05, 0) is 43.4 Å². The number of hydrogen-bond acceptors (Lipinski definition) is 1. The number of carbonyl (C=O) groups is 1. The van der Waals surface area contributed by atoms with Gasteiger partial charge in [-0.2, -0.15) is 0 Å². The Morgan fingerprint density at radius 3 is 2.77 bits per heavy atom. The SMILES string of the molecule is CC(=O)C1Cc2cccc(C)c2C1. The second-order valence-corrected chi connectivity index (χ2v) is 3.93. The maximum absolute atomic E-state index is 11.2. The molecule has 68 valence electrons. The number of rotatable bonds is 1. The Kier molecular flexibility index (Phi) is 1.95. The van der Waals surface area contributed by atoms with Crippen molar-refractivity contribution in [2.24, 2.45) is 5.92 Å². The van der Waals surface area contributed by atoms with E-state index in [4.69, 9.17) is 0 Å². The molecule has 0 aromatic heterocycles. The number of aryl methyl sites for hydroxylation is 1. The molecular formula is C12H14O. The quantitative estimate of drug-likeness (QED) is 0.638. The molecule has 0 saturated carbocycles. The van der Waals surface area contributed by atoms with Crippen LogP contribution in [0.3, 0.4) is 0 Å². The Morgan fingerprint density at radius 2 is 2.15 bits per heavy atom. The van der Waals surface area contributed by atoms with Crippen molar-refractivity contribution in [2.45, 2.75) is 26.7 Å². The highest BCUT2D eigenvalue weighted by molar-refractivity contribution is 5.80. The molecule has 0 heterocycles. The van der Waals surface area contributed by atoms with E-state index < -0.39 is 0 Å². The van der Waals surface area contributed by atoms with Crippen LogP contribution in [0.15, 0.2) is 18.2 Å². The minimum absolute atomic E-state index is 0.246. The van der Waals surface area contributed by atoms with E-state index in [2.05, 4.69) is 25.1 Å². The first-order valence-corrected chi connectivity index (χ1v) is 4.76. The molecule has 2 rings (SSSR count). The van der Waals surface area contributed by atoms with Crippen molar-refractivity contribution in [3.05, 3.63) is 34.9 Å². The molecule has 1 aliphatic carbocycles. The number of fused-ring (bicyclic) bond motifs is 1. The van der Waals surface area contributed by atoms with Crippen LogP contribution >= 0.6 is 0 Å². The molecule has 0 bridgehead atoms. The van der Waals surface area contributed by atoms with Crippen molar-refractivity contribution in [1.82, 2.24) is 0 Å². The summed E-state index contributed by atoms with van der Waals surface area (Å²) in [6.07, 6.45) is 1.91. The van der Waals surface area contributed by atoms with E-state index >= 15 is 0 Å². The van der Waals surface area contributed by atoms with Crippen LogP contribution in [-0.2, 0) is 17.6 Å². The number of hydrogen-bond donors (Lipinski definition) is 0. The Bertz CT molecular complexity index is 352. The molecule has 0 amide bonds. The summed E-state index contributed by atoms with van der Waals surface area (Å²) < 4.78 is 0. The van der Waals surface area contributed by atoms with Gasteiger partial charge in [0.25, 0.3) is 0 Å². The maximum Gasteiger partial charge on any atom is 0.133 e. The van der Waals surface area contributed by atoms with Gasteiger partial charge in [0.1, 0.15) is 5.78 Å². The third-order valence-corrected chi connectivity index (χ3v) is 3.00. The van der Waals surface area contributed by atoms with E-state index in [1.807, 2.05) is 0 Å². The van der Waals surface area contributed by atoms with Crippen LogP contribution < -0.4 is 0 Å². The fourth-order valence-electron chi connectivity index (χ4n) is 2.12. The fourth-order valence-corrected chi connectivity index (χ4v) is 2.12. The zero-order valence-electron chi connectivity index (χ0n) is 8.13. The van der Waals surface area contributed by atoms with Crippen LogP contribution in [0.2, 0.25) is 0 Å². The van der Waals surface area contributed by atoms with Crippen molar-refractivity contribution in [2.75, 3.05) is 0 Å². The standard InChI is InChI=1S/C12H14O/c1-8-4-3-5-10-6-11(9(2)13)7-12(8)10/h3-5,11H,6-7H2,1-2H3. The first-order chi connectivity index (χ1) is 6.18. The Balaban J connectivity index is 2.35. The van der Waals surface area contributed by atoms with E-state index in [0.29, 0.717) is 5.78 Å². The van der Waals surface area contributed by atoms with Crippen LogP contribution in [0, 0.1) is 12.8 Å². The van der Waals surface area contributed by atoms with Gasteiger partial charge in [0.2, 0.25) is 0 Å². The number of Topliss-reactive ketones (excluding diaryl/α,β-unsaturated/α-hetero) is 1. The van der Waals surface area contributed by atoms with Crippen LogP contribution in [0.1, 0.15) is 23.6 Å². The Hall–Kier alpha value is -1.11. The topological polar surface area (TPSA) is 17.1 Å². The summed E-state index contributed by atoms with van der Waals surface area (Å²) in [6.45, 7) is 3.83. The van der Waals surface area contributed by atoms with E-state index in [1.165, 1.54) is 16.7 Å². The first-order valence-electron chi connectivity index (χ1n) is 4.76. The highest BCUT2D eigenvalue weighted by Gasteiger charge is 2.25. The molecule has 0 aliphatic heterocycles. The Labute approximate surface area is 78.8 Å². The van der Waals surface area contributed by atoms with Gasteiger partial charge in [0.05, 0.1) is 0 Å². The second-order valence-electron chi connectivity index (χ2n) is 3.93. The van der Waals surface area contributed by atoms with Gasteiger partial charge in [0.15, 0.2) is 0 Å². The van der Waals surface area contributed by atoms with E-state index in [9.17, 15) is 4.79 Å². The van der Waals surface area contributed by atoms with Gasteiger partial charge in [-0.1, -0.05) is 18.2 Å². The normalized spacial score (nSPS) is 20.0. The largest absolute Gasteiger partial charge is 0.300 e. The third kappa shape index (κ3) is 1.39. The Morgan fingerprint density at radius 1 is 1.38 bits per heavy atom. The average molecular weight is 174 g/mol. The molecule has 0 N–H and O–H groups in total. The molecule has 13 heavy (non-hydrogen) atoms. The molecular weight excluding hydrogens is 160 g/mol. The third-order valence-electron chi connectivity index (χ3n) is 3.00. The molecule has 0 spiro atoms. The summed E-state index contributed by atoms with van der Waals surface area (Å²) in [5, 5.41) is 0. The minimum atomic E-state index is 0.246. The van der Waals surface area contributed by atoms with Gasteiger partial charge < -0.3 is 0 Å². The summed E-state index contributed by atoms with van der Waals surface area (Å²) in [5.41, 5.74) is 4.11. The zero-order valence-corrected chi connectivity index (χ0v) is 8.13. The molecule has 1 aromatic carbocycles. The van der Waals surface area contributed by atoms with Crippen molar-refractivity contribution in [1.29, 1.82) is 0 Å². The minimum Gasteiger partial charge on any atom is -0.300 e. The van der Waals surface area contributed by atoms with Crippen LogP contribution in [0.5, 0.6) is 0 Å². The lowest BCUT2D eigenvalue weighted by atomic mass is 10.0. The summed E-state index contributed by atoms with van der Waals surface area (Å²) >= 11 is 0. The van der Waals surface area contributed by atoms with Crippen LogP contribution in [0.4, 0.5) is 0 Å². The molecule has 0 fully saturated rings. The summed E-state index contributed by atoms with van der Waals surface area (Å²) in [6, 6.07) is 6.35. The van der Waals surface area contributed by atoms with Crippen molar-refractivity contribution in [3.8, 4) is 0 Å². The highest BCUT2D eigenvalue weighted by atomic mass is 16.1. The lowest BCUT2D eigenvalue weighted by Crippen LogP contribution is -2.09. The predicted molar refractivity (Wildman–Crippen MR) is 52.8 cm³/mol. The van der Waals surface area contributed by atoms with E-state index in [-0.39, 0.29) is 5.92 Å². The number of ketones is 1. The number of benzene rings is 1. The molecule has 0 saturated heterocycles. The van der Waals surface area contributed by atoms with Crippen LogP contribution in [-0.4, -0.2) is 5.78 Å². The molecule has 1 aromatic rings. The maximum atomic E-state index is 11.2. The van der Waals surface area contributed by atoms with Crippen molar-refractivity contribution < 1.29 is 4.79 Å². The highest BCUT2D eigenvalue weighted by Crippen LogP contribution is 2.29. The average Bonchev–Trinajstić information content (AvgIpc) is 2.49. The predicted octanol–water partition coefficient (Wildman–Crippen LogP) is 2.30. The van der Waals surface area contributed by atoms with Gasteiger partial charge in [-0.3, -0.25) is 4.79 Å². The van der Waals surface area contributed by atoms with Crippen LogP contribution in [0.25, 0.3) is 0 Å². The fraction of sp³-hybridized carbons (Fsp3) is 0.417. The monoisotopic (exact) mass is 174 g/mol. The van der Waals surface area contributed by atoms with Crippen molar-refractivity contribution in [3.63, 3.8) is 0 Å². The lowest BCUT2D eigenvalue weighted by molar-refractivity contribution is -0.120. The van der Waals surface area contributed by atoms with Crippen molar-refractivity contribution >= 4 is 5.78 Å².